The number of aliphatic imine (C=N–C) groups is 1. The maximum Gasteiger partial charge on any atom is 0.180 e. The van der Waals surface area contributed by atoms with E-state index in [1.165, 1.54) is 6.21 Å². The number of aliphatic hydroxyl groups excluding tert-OH is 4. The van der Waals surface area contributed by atoms with Gasteiger partial charge in [-0.1, -0.05) is 12.1 Å². The zero-order valence-corrected chi connectivity index (χ0v) is 12.6. The summed E-state index contributed by atoms with van der Waals surface area (Å²) >= 11 is 0. The molecule has 5 atom stereocenters. The highest BCUT2D eigenvalue weighted by atomic mass is 16.6. The van der Waals surface area contributed by atoms with E-state index < -0.39 is 37.3 Å². The van der Waals surface area contributed by atoms with E-state index in [2.05, 4.69) is 4.99 Å². The van der Waals surface area contributed by atoms with Crippen LogP contribution in [0.2, 0.25) is 0 Å². The maximum absolute atomic E-state index is 9.98. The third-order valence-corrected chi connectivity index (χ3v) is 3.67. The first-order valence-electron chi connectivity index (χ1n) is 7.05. The largest absolute Gasteiger partial charge is 0.394 e. The van der Waals surface area contributed by atoms with E-state index in [0.717, 1.165) is 11.3 Å². The van der Waals surface area contributed by atoms with Crippen molar-refractivity contribution in [1.29, 1.82) is 0 Å². The number of aliphatic hydroxyl groups is 4. The molecule has 0 bridgehead atoms. The molecule has 22 heavy (non-hydrogen) atoms. The summed E-state index contributed by atoms with van der Waals surface area (Å²) in [5.74, 6) is 0. The molecule has 0 aromatic heterocycles. The Hall–Kier alpha value is -1.51. The molecule has 1 aliphatic rings. The van der Waals surface area contributed by atoms with Crippen LogP contribution in [0.25, 0.3) is 0 Å². The molecule has 2 rings (SSSR count). The summed E-state index contributed by atoms with van der Waals surface area (Å²) < 4.78 is 5.04. The van der Waals surface area contributed by atoms with E-state index in [1.54, 1.807) is 0 Å². The Labute approximate surface area is 129 Å². The SMILES string of the molecule is CN(C)c1ccc(C=N[C@H]2[C@H](O)[C@@H](O)[C@@H](CO)O[C@H]2O)cc1. The first-order valence-corrected chi connectivity index (χ1v) is 7.05. The topological polar surface area (TPSA) is 106 Å². The predicted molar refractivity (Wildman–Crippen MR) is 82.1 cm³/mol. The van der Waals surface area contributed by atoms with Gasteiger partial charge in [-0.2, -0.15) is 0 Å². The fourth-order valence-corrected chi connectivity index (χ4v) is 2.27. The summed E-state index contributed by atoms with van der Waals surface area (Å²) in [4.78, 5) is 6.07. The number of nitrogens with zero attached hydrogens (tertiary/aromatic N) is 2. The zero-order chi connectivity index (χ0) is 16.3. The normalized spacial score (nSPS) is 32.4. The molecule has 0 unspecified atom stereocenters. The van der Waals surface area contributed by atoms with Crippen molar-refractivity contribution in [2.75, 3.05) is 25.6 Å². The van der Waals surface area contributed by atoms with Crippen LogP contribution in [0.3, 0.4) is 0 Å². The minimum atomic E-state index is -1.38. The zero-order valence-electron chi connectivity index (χ0n) is 12.6. The number of hydrogen-bond donors (Lipinski definition) is 4. The lowest BCUT2D eigenvalue weighted by atomic mass is 9.97. The summed E-state index contributed by atoms with van der Waals surface area (Å²) in [6.45, 7) is -0.488. The minimum absolute atomic E-state index is 0.488. The maximum atomic E-state index is 9.98. The van der Waals surface area contributed by atoms with Gasteiger partial charge in [0.1, 0.15) is 24.4 Å². The third kappa shape index (κ3) is 3.63. The molecule has 122 valence electrons. The second kappa shape index (κ2) is 7.17. The quantitative estimate of drug-likeness (QED) is 0.530. The van der Waals surface area contributed by atoms with Crippen LogP contribution in [0, 0.1) is 0 Å². The number of anilines is 1. The fraction of sp³-hybridized carbons (Fsp3) is 0.533. The van der Waals surface area contributed by atoms with Gasteiger partial charge in [0.15, 0.2) is 6.29 Å². The molecule has 0 spiro atoms. The van der Waals surface area contributed by atoms with Gasteiger partial charge in [-0.05, 0) is 17.7 Å². The lowest BCUT2D eigenvalue weighted by Gasteiger charge is -2.38. The minimum Gasteiger partial charge on any atom is -0.394 e. The van der Waals surface area contributed by atoms with Gasteiger partial charge in [0, 0.05) is 26.0 Å². The lowest BCUT2D eigenvalue weighted by Crippen LogP contribution is -2.57. The Balaban J connectivity index is 2.08. The van der Waals surface area contributed by atoms with Crippen molar-refractivity contribution in [3.8, 4) is 0 Å². The number of benzene rings is 1. The van der Waals surface area contributed by atoms with Crippen LogP contribution in [-0.2, 0) is 4.74 Å². The fourth-order valence-electron chi connectivity index (χ4n) is 2.27. The van der Waals surface area contributed by atoms with Gasteiger partial charge in [-0.3, -0.25) is 4.99 Å². The average molecular weight is 310 g/mol. The van der Waals surface area contributed by atoms with Crippen molar-refractivity contribution in [2.24, 2.45) is 4.99 Å². The summed E-state index contributed by atoms with van der Waals surface area (Å²) in [6, 6.07) is 6.54. The molecule has 0 radical (unpaired) electrons. The molecule has 1 aromatic rings. The summed E-state index contributed by atoms with van der Waals surface area (Å²) in [5.41, 5.74) is 1.84. The molecule has 1 aliphatic heterocycles. The monoisotopic (exact) mass is 310 g/mol. The van der Waals surface area contributed by atoms with E-state index >= 15 is 0 Å². The molecule has 1 saturated heterocycles. The highest BCUT2D eigenvalue weighted by Crippen LogP contribution is 2.22. The van der Waals surface area contributed by atoms with Crippen molar-refractivity contribution in [3.63, 3.8) is 0 Å². The number of ether oxygens (including phenoxy) is 1. The molecule has 4 N–H and O–H groups in total. The Bertz CT molecular complexity index is 505. The first-order chi connectivity index (χ1) is 10.4. The van der Waals surface area contributed by atoms with Crippen LogP contribution in [-0.4, -0.2) is 78.0 Å². The molecule has 0 saturated carbocycles. The predicted octanol–water partition coefficient (Wildman–Crippen LogP) is -1.03. The Morgan fingerprint density at radius 1 is 1.14 bits per heavy atom. The first kappa shape index (κ1) is 16.9. The van der Waals surface area contributed by atoms with E-state index in [9.17, 15) is 15.3 Å². The van der Waals surface area contributed by atoms with Gasteiger partial charge in [0.05, 0.1) is 6.61 Å². The van der Waals surface area contributed by atoms with Gasteiger partial charge >= 0.3 is 0 Å². The number of rotatable bonds is 4. The second-order valence-corrected chi connectivity index (χ2v) is 5.48. The van der Waals surface area contributed by atoms with Crippen LogP contribution in [0.5, 0.6) is 0 Å². The Morgan fingerprint density at radius 3 is 2.32 bits per heavy atom. The van der Waals surface area contributed by atoms with E-state index in [4.69, 9.17) is 9.84 Å². The molecular weight excluding hydrogens is 288 g/mol. The number of hydrogen-bond acceptors (Lipinski definition) is 7. The van der Waals surface area contributed by atoms with Gasteiger partial charge < -0.3 is 30.1 Å². The van der Waals surface area contributed by atoms with Crippen LogP contribution in [0.4, 0.5) is 5.69 Å². The smallest absolute Gasteiger partial charge is 0.180 e. The van der Waals surface area contributed by atoms with Crippen molar-refractivity contribution in [1.82, 2.24) is 0 Å². The molecule has 7 heteroatoms. The molecule has 1 aromatic carbocycles. The van der Waals surface area contributed by atoms with Crippen LogP contribution in [0.15, 0.2) is 29.3 Å². The van der Waals surface area contributed by atoms with Crippen molar-refractivity contribution >= 4 is 11.9 Å². The molecule has 0 amide bonds. The summed E-state index contributed by atoms with van der Waals surface area (Å²) in [5, 5.41) is 38.6. The lowest BCUT2D eigenvalue weighted by molar-refractivity contribution is -0.248. The molecule has 7 nitrogen and oxygen atoms in total. The van der Waals surface area contributed by atoms with Gasteiger partial charge in [0.25, 0.3) is 0 Å². The molecule has 1 heterocycles. The van der Waals surface area contributed by atoms with Gasteiger partial charge in [0.2, 0.25) is 0 Å². The van der Waals surface area contributed by atoms with Gasteiger partial charge in [-0.15, -0.1) is 0 Å². The molecular formula is C15H22N2O5. The Morgan fingerprint density at radius 2 is 1.77 bits per heavy atom. The molecule has 0 aliphatic carbocycles. The van der Waals surface area contributed by atoms with Crippen molar-refractivity contribution in [2.45, 2.75) is 30.6 Å². The highest BCUT2D eigenvalue weighted by molar-refractivity contribution is 5.80. The highest BCUT2D eigenvalue weighted by Gasteiger charge is 2.43. The van der Waals surface area contributed by atoms with Crippen molar-refractivity contribution in [3.05, 3.63) is 29.8 Å². The van der Waals surface area contributed by atoms with Crippen LogP contribution < -0.4 is 4.90 Å². The van der Waals surface area contributed by atoms with Crippen molar-refractivity contribution < 1.29 is 25.2 Å². The van der Waals surface area contributed by atoms with E-state index in [-0.39, 0.29) is 0 Å². The summed E-state index contributed by atoms with van der Waals surface area (Å²) in [6.07, 6.45) is -3.50. The van der Waals surface area contributed by atoms with E-state index in [1.807, 2.05) is 43.3 Å². The second-order valence-electron chi connectivity index (χ2n) is 5.48. The third-order valence-electron chi connectivity index (χ3n) is 3.67. The van der Waals surface area contributed by atoms with Gasteiger partial charge in [-0.25, -0.2) is 0 Å². The standard InChI is InChI=1S/C15H22N2O5/c1-17(2)10-5-3-9(4-6-10)7-16-12-14(20)13(19)11(8-18)22-15(12)21/h3-7,11-15,18-21H,8H2,1-2H3/t11-,12+,13+,14+,15-/m1/s1. The van der Waals surface area contributed by atoms with E-state index in [0.29, 0.717) is 0 Å². The summed E-state index contributed by atoms with van der Waals surface area (Å²) in [7, 11) is 3.88. The van der Waals surface area contributed by atoms with Crippen LogP contribution >= 0.6 is 0 Å². The molecule has 1 fully saturated rings. The van der Waals surface area contributed by atoms with Crippen LogP contribution in [0.1, 0.15) is 5.56 Å². The Kier molecular flexibility index (Phi) is 5.49. The average Bonchev–Trinajstić information content (AvgIpc) is 2.51.